The standard InChI is InChI=1S/C20H23N3O3S/c24-19-7-12-26-18-6-2-1-5-17(18)23(19)15-20(25)22-10-8-21(9-11-22)14-16-4-3-13-27-16/h1-6,13H,7-12,14-15H2. The van der Waals surface area contributed by atoms with Crippen LogP contribution in [0, 0.1) is 0 Å². The van der Waals surface area contributed by atoms with Crippen molar-refractivity contribution in [2.75, 3.05) is 44.2 Å². The summed E-state index contributed by atoms with van der Waals surface area (Å²) in [6, 6.07) is 11.6. The minimum atomic E-state index is -0.0652. The lowest BCUT2D eigenvalue weighted by atomic mass is 10.2. The number of rotatable bonds is 4. The number of carbonyl (C=O) groups excluding carboxylic acids is 2. The number of nitrogens with zero attached hydrogens (tertiary/aromatic N) is 3. The topological polar surface area (TPSA) is 53.1 Å². The zero-order chi connectivity index (χ0) is 18.6. The molecule has 2 amide bonds. The lowest BCUT2D eigenvalue weighted by Gasteiger charge is -2.35. The Morgan fingerprint density at radius 2 is 1.89 bits per heavy atom. The number of anilines is 1. The fraction of sp³-hybridized carbons (Fsp3) is 0.400. The van der Waals surface area contributed by atoms with E-state index < -0.39 is 0 Å². The van der Waals surface area contributed by atoms with Gasteiger partial charge in [0.1, 0.15) is 12.3 Å². The van der Waals surface area contributed by atoms with Crippen molar-refractivity contribution >= 4 is 28.8 Å². The van der Waals surface area contributed by atoms with Crippen LogP contribution in [0.1, 0.15) is 11.3 Å². The van der Waals surface area contributed by atoms with Gasteiger partial charge in [-0.15, -0.1) is 11.3 Å². The van der Waals surface area contributed by atoms with Crippen LogP contribution in [0.2, 0.25) is 0 Å². The second-order valence-electron chi connectivity index (χ2n) is 6.78. The minimum Gasteiger partial charge on any atom is -0.491 e. The normalized spacial score (nSPS) is 18.0. The molecule has 0 atom stereocenters. The molecule has 0 radical (unpaired) electrons. The van der Waals surface area contributed by atoms with Gasteiger partial charge in [-0.1, -0.05) is 18.2 Å². The van der Waals surface area contributed by atoms with E-state index >= 15 is 0 Å². The summed E-state index contributed by atoms with van der Waals surface area (Å²) < 4.78 is 5.65. The largest absolute Gasteiger partial charge is 0.491 e. The second-order valence-corrected chi connectivity index (χ2v) is 7.81. The molecule has 3 heterocycles. The molecule has 0 unspecified atom stereocenters. The summed E-state index contributed by atoms with van der Waals surface area (Å²) in [6.07, 6.45) is 0.288. The number of ether oxygens (including phenoxy) is 1. The highest BCUT2D eigenvalue weighted by Gasteiger charge is 2.28. The van der Waals surface area contributed by atoms with Gasteiger partial charge in [-0.25, -0.2) is 0 Å². The molecule has 1 fully saturated rings. The van der Waals surface area contributed by atoms with Gasteiger partial charge in [0.25, 0.3) is 0 Å². The van der Waals surface area contributed by atoms with Crippen molar-refractivity contribution in [1.29, 1.82) is 0 Å². The first-order valence-corrected chi connectivity index (χ1v) is 10.1. The molecular weight excluding hydrogens is 362 g/mol. The molecule has 2 aromatic rings. The van der Waals surface area contributed by atoms with Gasteiger partial charge < -0.3 is 9.64 Å². The number of thiophene rings is 1. The highest BCUT2D eigenvalue weighted by Crippen LogP contribution is 2.30. The molecule has 1 aromatic carbocycles. The Balaban J connectivity index is 1.37. The van der Waals surface area contributed by atoms with Crippen LogP contribution in [0.15, 0.2) is 41.8 Å². The molecule has 0 saturated carbocycles. The van der Waals surface area contributed by atoms with Crippen LogP contribution in [0.25, 0.3) is 0 Å². The summed E-state index contributed by atoms with van der Waals surface area (Å²) in [7, 11) is 0. The summed E-state index contributed by atoms with van der Waals surface area (Å²) in [5, 5.41) is 2.09. The Morgan fingerprint density at radius 3 is 2.67 bits per heavy atom. The maximum absolute atomic E-state index is 12.8. The number of amides is 2. The molecule has 6 nitrogen and oxygen atoms in total. The lowest BCUT2D eigenvalue weighted by Crippen LogP contribution is -2.51. The van der Waals surface area contributed by atoms with E-state index in [0.717, 1.165) is 19.6 Å². The van der Waals surface area contributed by atoms with Crippen molar-refractivity contribution in [2.24, 2.45) is 0 Å². The number of para-hydroxylation sites is 2. The van der Waals surface area contributed by atoms with Crippen molar-refractivity contribution in [3.63, 3.8) is 0 Å². The average molecular weight is 385 g/mol. The highest BCUT2D eigenvalue weighted by molar-refractivity contribution is 7.09. The SMILES string of the molecule is O=C(CN1C(=O)CCOc2ccccc21)N1CCN(Cc2cccs2)CC1. The second kappa shape index (κ2) is 8.10. The summed E-state index contributed by atoms with van der Waals surface area (Å²) >= 11 is 1.76. The number of hydrogen-bond acceptors (Lipinski definition) is 5. The Bertz CT molecular complexity index is 801. The number of carbonyl (C=O) groups is 2. The molecule has 0 aliphatic carbocycles. The van der Waals surface area contributed by atoms with Crippen LogP contribution in [0.5, 0.6) is 5.75 Å². The van der Waals surface area contributed by atoms with E-state index in [-0.39, 0.29) is 24.8 Å². The highest BCUT2D eigenvalue weighted by atomic mass is 32.1. The predicted octanol–water partition coefficient (Wildman–Crippen LogP) is 2.21. The van der Waals surface area contributed by atoms with Crippen LogP contribution >= 0.6 is 11.3 Å². The molecule has 2 aliphatic rings. The fourth-order valence-corrected chi connectivity index (χ4v) is 4.25. The summed E-state index contributed by atoms with van der Waals surface area (Å²) in [6.45, 7) is 4.48. The van der Waals surface area contributed by atoms with Crippen molar-refractivity contribution in [1.82, 2.24) is 9.80 Å². The Hall–Kier alpha value is -2.38. The first kappa shape index (κ1) is 18.0. The van der Waals surface area contributed by atoms with E-state index in [1.54, 1.807) is 16.2 Å². The van der Waals surface area contributed by atoms with Gasteiger partial charge in [-0.2, -0.15) is 0 Å². The maximum atomic E-state index is 12.8. The van der Waals surface area contributed by atoms with Gasteiger partial charge in [0.05, 0.1) is 18.7 Å². The predicted molar refractivity (Wildman–Crippen MR) is 105 cm³/mol. The number of fused-ring (bicyclic) bond motifs is 1. The van der Waals surface area contributed by atoms with Crippen molar-refractivity contribution < 1.29 is 14.3 Å². The quantitative estimate of drug-likeness (QED) is 0.810. The molecule has 0 N–H and O–H groups in total. The molecule has 4 rings (SSSR count). The van der Waals surface area contributed by atoms with Gasteiger partial charge in [-0.3, -0.25) is 19.4 Å². The smallest absolute Gasteiger partial charge is 0.242 e. The summed E-state index contributed by atoms with van der Waals surface area (Å²) in [4.78, 5) is 32.5. The molecule has 1 aromatic heterocycles. The first-order chi connectivity index (χ1) is 13.2. The third-order valence-corrected chi connectivity index (χ3v) is 5.87. The average Bonchev–Trinajstić information content (AvgIpc) is 3.14. The molecule has 0 bridgehead atoms. The van der Waals surface area contributed by atoms with Crippen LogP contribution in [-0.4, -0.2) is 60.9 Å². The Labute approximate surface area is 162 Å². The monoisotopic (exact) mass is 385 g/mol. The van der Waals surface area contributed by atoms with Crippen LogP contribution in [0.3, 0.4) is 0 Å². The van der Waals surface area contributed by atoms with Gasteiger partial charge in [0.15, 0.2) is 0 Å². The first-order valence-electron chi connectivity index (χ1n) is 9.25. The zero-order valence-corrected chi connectivity index (χ0v) is 16.0. The number of hydrogen-bond donors (Lipinski definition) is 0. The van der Waals surface area contributed by atoms with Crippen molar-refractivity contribution in [2.45, 2.75) is 13.0 Å². The van der Waals surface area contributed by atoms with Crippen molar-refractivity contribution in [3.05, 3.63) is 46.7 Å². The van der Waals surface area contributed by atoms with E-state index in [4.69, 9.17) is 4.74 Å². The molecule has 27 heavy (non-hydrogen) atoms. The maximum Gasteiger partial charge on any atom is 0.242 e. The Morgan fingerprint density at radius 1 is 1.07 bits per heavy atom. The zero-order valence-electron chi connectivity index (χ0n) is 15.2. The number of benzene rings is 1. The van der Waals surface area contributed by atoms with E-state index in [1.165, 1.54) is 4.88 Å². The van der Waals surface area contributed by atoms with Gasteiger partial charge >= 0.3 is 0 Å². The van der Waals surface area contributed by atoms with Gasteiger partial charge in [0.2, 0.25) is 11.8 Å². The molecule has 2 aliphatic heterocycles. The van der Waals surface area contributed by atoms with Crippen LogP contribution < -0.4 is 9.64 Å². The Kier molecular flexibility index (Phi) is 5.40. The molecular formula is C20H23N3O3S. The molecule has 0 spiro atoms. The lowest BCUT2D eigenvalue weighted by molar-refractivity contribution is -0.133. The summed E-state index contributed by atoms with van der Waals surface area (Å²) in [5.41, 5.74) is 0.685. The van der Waals surface area contributed by atoms with Crippen LogP contribution in [0.4, 0.5) is 5.69 Å². The van der Waals surface area contributed by atoms with Gasteiger partial charge in [-0.05, 0) is 23.6 Å². The van der Waals surface area contributed by atoms with E-state index in [9.17, 15) is 9.59 Å². The molecule has 142 valence electrons. The van der Waals surface area contributed by atoms with E-state index in [0.29, 0.717) is 31.1 Å². The minimum absolute atomic E-state index is 0.00386. The number of piperazine rings is 1. The molecule has 7 heteroatoms. The van der Waals surface area contributed by atoms with E-state index in [1.807, 2.05) is 29.2 Å². The third kappa shape index (κ3) is 4.14. The van der Waals surface area contributed by atoms with Gasteiger partial charge in [0, 0.05) is 37.6 Å². The molecule has 1 saturated heterocycles. The van der Waals surface area contributed by atoms with Crippen molar-refractivity contribution in [3.8, 4) is 5.75 Å². The third-order valence-electron chi connectivity index (χ3n) is 5.01. The fourth-order valence-electron chi connectivity index (χ4n) is 3.51. The summed E-state index contributed by atoms with van der Waals surface area (Å²) in [5.74, 6) is 0.595. The van der Waals surface area contributed by atoms with E-state index in [2.05, 4.69) is 22.4 Å². The van der Waals surface area contributed by atoms with Crippen LogP contribution in [-0.2, 0) is 16.1 Å².